The number of nitrogens with zero attached hydrogens (tertiary/aromatic N) is 1. The van der Waals surface area contributed by atoms with Crippen molar-refractivity contribution in [3.05, 3.63) is 64.2 Å². The van der Waals surface area contributed by atoms with Crippen molar-refractivity contribution in [1.82, 2.24) is 4.31 Å². The zero-order valence-corrected chi connectivity index (χ0v) is 18.5. The first-order valence-corrected chi connectivity index (χ1v) is 11.6. The first kappa shape index (κ1) is 22.5. The van der Waals surface area contributed by atoms with Gasteiger partial charge >= 0.3 is 5.97 Å². The van der Waals surface area contributed by atoms with Gasteiger partial charge in [0.25, 0.3) is 0 Å². The Hall–Kier alpha value is -2.22. The molecule has 1 saturated heterocycles. The van der Waals surface area contributed by atoms with E-state index in [0.717, 1.165) is 24.8 Å². The Morgan fingerprint density at radius 2 is 1.67 bits per heavy atom. The number of hydrogen-bond acceptors (Lipinski definition) is 5. The second-order valence-corrected chi connectivity index (χ2v) is 9.73. The fourth-order valence-electron chi connectivity index (χ4n) is 3.31. The molecule has 1 aliphatic rings. The number of benzene rings is 2. The summed E-state index contributed by atoms with van der Waals surface area (Å²) in [4.78, 5) is 25.2. The molecule has 1 atom stereocenters. The van der Waals surface area contributed by atoms with E-state index in [1.54, 1.807) is 24.3 Å². The molecule has 160 valence electrons. The number of esters is 1. The van der Waals surface area contributed by atoms with Crippen molar-refractivity contribution in [3.8, 4) is 0 Å². The molecule has 8 heteroatoms. The number of aryl methyl sites for hydroxylation is 1. The smallest absolute Gasteiger partial charge is 0.340 e. The number of carbonyl (C=O) groups excluding carboxylic acids is 2. The van der Waals surface area contributed by atoms with Crippen LogP contribution in [0.25, 0.3) is 0 Å². The molecule has 1 aliphatic heterocycles. The van der Waals surface area contributed by atoms with Gasteiger partial charge in [0.2, 0.25) is 15.8 Å². The van der Waals surface area contributed by atoms with Crippen molar-refractivity contribution in [2.75, 3.05) is 13.1 Å². The number of piperidine rings is 1. The highest BCUT2D eigenvalue weighted by molar-refractivity contribution is 7.89. The Bertz CT molecular complexity index is 1040. The lowest BCUT2D eigenvalue weighted by Crippen LogP contribution is -2.35. The van der Waals surface area contributed by atoms with Gasteiger partial charge in [-0.1, -0.05) is 47.9 Å². The summed E-state index contributed by atoms with van der Waals surface area (Å²) in [5.74, 6) is -1.19. The molecule has 1 heterocycles. The van der Waals surface area contributed by atoms with Gasteiger partial charge in [0.05, 0.1) is 15.5 Å². The number of sulfonamides is 1. The molecule has 0 unspecified atom stereocenters. The maximum atomic E-state index is 12.9. The number of Topliss-reactive ketones (excluding diaryl/α,β-unsaturated/α-hetero) is 1. The Labute approximate surface area is 181 Å². The van der Waals surface area contributed by atoms with E-state index >= 15 is 0 Å². The Kier molecular flexibility index (Phi) is 6.95. The lowest BCUT2D eigenvalue weighted by Gasteiger charge is -2.26. The van der Waals surface area contributed by atoms with Crippen molar-refractivity contribution in [3.63, 3.8) is 0 Å². The van der Waals surface area contributed by atoms with Gasteiger partial charge in [-0.2, -0.15) is 4.31 Å². The first-order chi connectivity index (χ1) is 14.2. The molecule has 0 N–H and O–H groups in total. The van der Waals surface area contributed by atoms with Crippen molar-refractivity contribution in [1.29, 1.82) is 0 Å². The second-order valence-electron chi connectivity index (χ2n) is 7.38. The van der Waals surface area contributed by atoms with Gasteiger partial charge in [-0.15, -0.1) is 0 Å². The van der Waals surface area contributed by atoms with Crippen LogP contribution in [0.5, 0.6) is 0 Å². The van der Waals surface area contributed by atoms with E-state index in [9.17, 15) is 18.0 Å². The summed E-state index contributed by atoms with van der Waals surface area (Å²) in [5.41, 5.74) is 1.35. The molecule has 3 rings (SSSR count). The number of hydrogen-bond donors (Lipinski definition) is 0. The third kappa shape index (κ3) is 4.91. The highest BCUT2D eigenvalue weighted by Crippen LogP contribution is 2.26. The maximum absolute atomic E-state index is 12.9. The van der Waals surface area contributed by atoms with Crippen LogP contribution in [0.2, 0.25) is 5.02 Å². The van der Waals surface area contributed by atoms with E-state index in [4.69, 9.17) is 16.3 Å². The van der Waals surface area contributed by atoms with Crippen molar-refractivity contribution < 1.29 is 22.7 Å². The van der Waals surface area contributed by atoms with E-state index in [0.29, 0.717) is 18.7 Å². The number of rotatable bonds is 6. The summed E-state index contributed by atoms with van der Waals surface area (Å²) < 4.78 is 32.5. The molecule has 2 aromatic carbocycles. The van der Waals surface area contributed by atoms with Gasteiger partial charge in [-0.05, 0) is 44.9 Å². The lowest BCUT2D eigenvalue weighted by molar-refractivity contribution is 0.0318. The molecule has 1 fully saturated rings. The van der Waals surface area contributed by atoms with Crippen LogP contribution >= 0.6 is 11.6 Å². The third-order valence-corrected chi connectivity index (χ3v) is 7.32. The average Bonchev–Trinajstić information content (AvgIpc) is 2.74. The first-order valence-electron chi connectivity index (χ1n) is 9.81. The molecule has 0 radical (unpaired) electrons. The fourth-order valence-corrected chi connectivity index (χ4v) is 5.04. The average molecular weight is 450 g/mol. The summed E-state index contributed by atoms with van der Waals surface area (Å²) in [7, 11) is -3.73. The summed E-state index contributed by atoms with van der Waals surface area (Å²) in [6.45, 7) is 4.28. The monoisotopic (exact) mass is 449 g/mol. The fraction of sp³-hybridized carbons (Fsp3) is 0.364. The molecule has 0 spiro atoms. The van der Waals surface area contributed by atoms with E-state index in [2.05, 4.69) is 0 Å². The molecule has 0 bridgehead atoms. The number of ketones is 1. The standard InChI is InChI=1S/C22H24ClNO5S/c1-15-6-8-17(9-7-15)21(25)16(2)29-22(26)19-14-18(10-11-20(19)23)30(27,28)24-12-4-3-5-13-24/h6-11,14,16H,3-5,12-13H2,1-2H3/t16-/m1/s1. The van der Waals surface area contributed by atoms with E-state index in [1.807, 2.05) is 6.92 Å². The lowest BCUT2D eigenvalue weighted by atomic mass is 10.1. The molecule has 0 aliphatic carbocycles. The second kappa shape index (κ2) is 9.29. The Balaban J connectivity index is 1.79. The minimum atomic E-state index is -3.73. The summed E-state index contributed by atoms with van der Waals surface area (Å²) >= 11 is 6.13. The predicted octanol–water partition coefficient (Wildman–Crippen LogP) is 4.25. The molecule has 6 nitrogen and oxygen atoms in total. The predicted molar refractivity (Wildman–Crippen MR) is 114 cm³/mol. The van der Waals surface area contributed by atoms with Crippen LogP contribution in [0.15, 0.2) is 47.4 Å². The van der Waals surface area contributed by atoms with E-state index < -0.39 is 22.1 Å². The number of carbonyl (C=O) groups is 2. The van der Waals surface area contributed by atoms with Gasteiger partial charge < -0.3 is 4.74 Å². The molecule has 2 aromatic rings. The Morgan fingerprint density at radius 1 is 1.03 bits per heavy atom. The van der Waals surface area contributed by atoms with Crippen LogP contribution in [0.3, 0.4) is 0 Å². The van der Waals surface area contributed by atoms with Crippen molar-refractivity contribution in [2.24, 2.45) is 0 Å². The minimum Gasteiger partial charge on any atom is -0.451 e. The maximum Gasteiger partial charge on any atom is 0.340 e. The van der Waals surface area contributed by atoms with Crippen LogP contribution < -0.4 is 0 Å². The van der Waals surface area contributed by atoms with Gasteiger partial charge in [-0.25, -0.2) is 13.2 Å². The van der Waals surface area contributed by atoms with Gasteiger partial charge in [-0.3, -0.25) is 4.79 Å². The summed E-state index contributed by atoms with van der Waals surface area (Å²) in [6, 6.07) is 10.9. The van der Waals surface area contributed by atoms with Gasteiger partial charge in [0.15, 0.2) is 6.10 Å². The van der Waals surface area contributed by atoms with Crippen molar-refractivity contribution >= 4 is 33.4 Å². The minimum absolute atomic E-state index is 0.0155. The highest BCUT2D eigenvalue weighted by Gasteiger charge is 2.28. The molecular weight excluding hydrogens is 426 g/mol. The van der Waals surface area contributed by atoms with Crippen LogP contribution in [0.4, 0.5) is 0 Å². The normalized spacial score (nSPS) is 16.1. The van der Waals surface area contributed by atoms with Crippen LogP contribution in [-0.2, 0) is 14.8 Å². The van der Waals surface area contributed by atoms with Gasteiger partial charge in [0, 0.05) is 18.7 Å². The summed E-state index contributed by atoms with van der Waals surface area (Å²) in [5, 5.41) is 0.0626. The molecule has 0 amide bonds. The molecule has 0 saturated carbocycles. The molecule has 0 aromatic heterocycles. The topological polar surface area (TPSA) is 80.8 Å². The van der Waals surface area contributed by atoms with Crippen LogP contribution in [0, 0.1) is 6.92 Å². The summed E-state index contributed by atoms with van der Waals surface area (Å²) in [6.07, 6.45) is 1.57. The van der Waals surface area contributed by atoms with Crippen LogP contribution in [-0.4, -0.2) is 43.7 Å². The van der Waals surface area contributed by atoms with Gasteiger partial charge in [0.1, 0.15) is 0 Å². The third-order valence-electron chi connectivity index (χ3n) is 5.10. The zero-order chi connectivity index (χ0) is 21.9. The van der Waals surface area contributed by atoms with Crippen LogP contribution in [0.1, 0.15) is 52.5 Å². The largest absolute Gasteiger partial charge is 0.451 e. The molecular formula is C22H24ClNO5S. The zero-order valence-electron chi connectivity index (χ0n) is 16.9. The number of ether oxygens (including phenoxy) is 1. The highest BCUT2D eigenvalue weighted by atomic mass is 35.5. The van der Waals surface area contributed by atoms with Crippen molar-refractivity contribution in [2.45, 2.75) is 44.1 Å². The molecule has 30 heavy (non-hydrogen) atoms. The quantitative estimate of drug-likeness (QED) is 0.486. The number of halogens is 1. The van der Waals surface area contributed by atoms with E-state index in [1.165, 1.54) is 29.4 Å². The Morgan fingerprint density at radius 3 is 2.30 bits per heavy atom. The van der Waals surface area contributed by atoms with E-state index in [-0.39, 0.29) is 21.3 Å². The SMILES string of the molecule is Cc1ccc(C(=O)[C@@H](C)OC(=O)c2cc(S(=O)(=O)N3CCCCC3)ccc2Cl)cc1.